The van der Waals surface area contributed by atoms with Crippen LogP contribution in [0, 0.1) is 0 Å². The molecule has 1 N–H and O–H groups in total. The molecule has 4 nitrogen and oxygen atoms in total. The molecule has 0 aliphatic heterocycles. The van der Waals surface area contributed by atoms with Crippen LogP contribution in [0.5, 0.6) is 5.75 Å². The van der Waals surface area contributed by atoms with Crippen molar-refractivity contribution in [1.82, 2.24) is 5.32 Å². The molecule has 0 fully saturated rings. The lowest BCUT2D eigenvalue weighted by atomic mass is 10.2. The Bertz CT molecular complexity index is 371. The molecular weight excluding hydrogens is 298 g/mol. The summed E-state index contributed by atoms with van der Waals surface area (Å²) in [5.74, 6) is 0.473. The van der Waals surface area contributed by atoms with E-state index in [1.807, 2.05) is 19.1 Å². The highest BCUT2D eigenvalue weighted by Gasteiger charge is 2.10. The second kappa shape index (κ2) is 8.94. The summed E-state index contributed by atoms with van der Waals surface area (Å²) in [4.78, 5) is 11.9. The number of carbonyl (C=O) groups excluding carboxylic acids is 1. The molecule has 0 heterocycles. The van der Waals surface area contributed by atoms with E-state index in [0.29, 0.717) is 37.7 Å². The zero-order valence-corrected chi connectivity index (χ0v) is 12.0. The predicted octanol–water partition coefficient (Wildman–Crippen LogP) is 2.23. The standard InChI is InChI=1S/C13H18BrNO3/c1-2-18-12-6-4-3-5-11(12)13(16)15-8-10-17-9-7-14/h3-6H,2,7-10H2,1H3,(H,15,16). The fourth-order valence-corrected chi connectivity index (χ4v) is 1.65. The van der Waals surface area contributed by atoms with Crippen molar-refractivity contribution in [3.8, 4) is 5.75 Å². The van der Waals surface area contributed by atoms with E-state index in [-0.39, 0.29) is 5.91 Å². The minimum absolute atomic E-state index is 0.138. The second-order valence-corrected chi connectivity index (χ2v) is 4.28. The zero-order chi connectivity index (χ0) is 13.2. The molecule has 0 unspecified atom stereocenters. The Morgan fingerprint density at radius 1 is 1.33 bits per heavy atom. The Balaban J connectivity index is 2.45. The molecule has 1 aromatic rings. The molecule has 0 atom stereocenters. The van der Waals surface area contributed by atoms with Crippen molar-refractivity contribution in [3.05, 3.63) is 29.8 Å². The van der Waals surface area contributed by atoms with Gasteiger partial charge in [0.2, 0.25) is 0 Å². The number of para-hydroxylation sites is 1. The first-order valence-corrected chi connectivity index (χ1v) is 7.05. The molecular formula is C13H18BrNO3. The molecule has 1 rings (SSSR count). The van der Waals surface area contributed by atoms with Crippen molar-refractivity contribution >= 4 is 21.8 Å². The van der Waals surface area contributed by atoms with E-state index in [1.165, 1.54) is 0 Å². The summed E-state index contributed by atoms with van der Waals surface area (Å²) in [6, 6.07) is 7.21. The summed E-state index contributed by atoms with van der Waals surface area (Å²) >= 11 is 3.27. The molecule has 0 saturated carbocycles. The lowest BCUT2D eigenvalue weighted by molar-refractivity contribution is 0.0920. The van der Waals surface area contributed by atoms with E-state index < -0.39 is 0 Å². The van der Waals surface area contributed by atoms with E-state index in [1.54, 1.807) is 12.1 Å². The number of halogens is 1. The molecule has 0 aliphatic rings. The van der Waals surface area contributed by atoms with Gasteiger partial charge < -0.3 is 14.8 Å². The highest BCUT2D eigenvalue weighted by Crippen LogP contribution is 2.17. The third-order valence-electron chi connectivity index (χ3n) is 2.18. The summed E-state index contributed by atoms with van der Waals surface area (Å²) in [7, 11) is 0. The predicted molar refractivity (Wildman–Crippen MR) is 74.6 cm³/mol. The van der Waals surface area contributed by atoms with E-state index >= 15 is 0 Å². The maximum atomic E-state index is 11.9. The zero-order valence-electron chi connectivity index (χ0n) is 10.4. The van der Waals surface area contributed by atoms with Crippen LogP contribution in [0.1, 0.15) is 17.3 Å². The fourth-order valence-electron chi connectivity index (χ4n) is 1.42. The van der Waals surface area contributed by atoms with Crippen LogP contribution in [0.3, 0.4) is 0 Å². The van der Waals surface area contributed by atoms with Crippen LogP contribution in [-0.4, -0.2) is 37.6 Å². The lowest BCUT2D eigenvalue weighted by Crippen LogP contribution is -2.27. The van der Waals surface area contributed by atoms with Crippen LogP contribution in [-0.2, 0) is 4.74 Å². The first kappa shape index (κ1) is 15.0. The molecule has 0 aliphatic carbocycles. The van der Waals surface area contributed by atoms with Gasteiger partial charge in [0.05, 0.1) is 25.4 Å². The van der Waals surface area contributed by atoms with Gasteiger partial charge >= 0.3 is 0 Å². The molecule has 18 heavy (non-hydrogen) atoms. The quantitative estimate of drug-likeness (QED) is 0.591. The van der Waals surface area contributed by atoms with Crippen LogP contribution < -0.4 is 10.1 Å². The molecule has 100 valence electrons. The number of rotatable bonds is 8. The molecule has 0 saturated heterocycles. The van der Waals surface area contributed by atoms with Crippen molar-refractivity contribution in [2.24, 2.45) is 0 Å². The Morgan fingerprint density at radius 3 is 2.83 bits per heavy atom. The van der Waals surface area contributed by atoms with Crippen LogP contribution >= 0.6 is 15.9 Å². The highest BCUT2D eigenvalue weighted by atomic mass is 79.9. The summed E-state index contributed by atoms with van der Waals surface area (Å²) < 4.78 is 10.7. The highest BCUT2D eigenvalue weighted by molar-refractivity contribution is 9.09. The lowest BCUT2D eigenvalue weighted by Gasteiger charge is -2.10. The number of hydrogen-bond acceptors (Lipinski definition) is 3. The summed E-state index contributed by atoms with van der Waals surface area (Å²) in [6.45, 7) is 4.08. The number of benzene rings is 1. The first-order chi connectivity index (χ1) is 8.79. The topological polar surface area (TPSA) is 47.6 Å². The van der Waals surface area contributed by atoms with E-state index in [0.717, 1.165) is 5.33 Å². The average molecular weight is 316 g/mol. The Hall–Kier alpha value is -1.07. The van der Waals surface area contributed by atoms with Crippen molar-refractivity contribution in [2.45, 2.75) is 6.92 Å². The largest absolute Gasteiger partial charge is 0.493 e. The number of nitrogens with one attached hydrogen (secondary N) is 1. The van der Waals surface area contributed by atoms with E-state index in [4.69, 9.17) is 9.47 Å². The van der Waals surface area contributed by atoms with Crippen LogP contribution in [0.15, 0.2) is 24.3 Å². The Kier molecular flexibility index (Phi) is 7.44. The van der Waals surface area contributed by atoms with Gasteiger partial charge in [-0.1, -0.05) is 28.1 Å². The Labute approximate surface area is 116 Å². The third-order valence-corrected chi connectivity index (χ3v) is 2.51. The van der Waals surface area contributed by atoms with Gasteiger partial charge in [0.15, 0.2) is 0 Å². The number of ether oxygens (including phenoxy) is 2. The summed E-state index contributed by atoms with van der Waals surface area (Å²) in [5, 5.41) is 3.60. The molecule has 0 spiro atoms. The number of alkyl halides is 1. The van der Waals surface area contributed by atoms with Crippen molar-refractivity contribution in [1.29, 1.82) is 0 Å². The molecule has 1 amide bonds. The van der Waals surface area contributed by atoms with E-state index in [2.05, 4.69) is 21.2 Å². The van der Waals surface area contributed by atoms with Crippen LogP contribution in [0.2, 0.25) is 0 Å². The van der Waals surface area contributed by atoms with Gasteiger partial charge in [0.25, 0.3) is 5.91 Å². The minimum atomic E-state index is -0.138. The van der Waals surface area contributed by atoms with Gasteiger partial charge in [-0.25, -0.2) is 0 Å². The van der Waals surface area contributed by atoms with E-state index in [9.17, 15) is 4.79 Å². The van der Waals surface area contributed by atoms with Gasteiger partial charge in [0.1, 0.15) is 5.75 Å². The van der Waals surface area contributed by atoms with Gasteiger partial charge in [-0.05, 0) is 19.1 Å². The van der Waals surface area contributed by atoms with Crippen molar-refractivity contribution in [2.75, 3.05) is 31.7 Å². The fraction of sp³-hybridized carbons (Fsp3) is 0.462. The van der Waals surface area contributed by atoms with Gasteiger partial charge in [-0.2, -0.15) is 0 Å². The summed E-state index contributed by atoms with van der Waals surface area (Å²) in [5.41, 5.74) is 0.555. The molecule has 0 radical (unpaired) electrons. The SMILES string of the molecule is CCOc1ccccc1C(=O)NCCOCCBr. The van der Waals surface area contributed by atoms with Gasteiger partial charge in [-0.3, -0.25) is 4.79 Å². The third kappa shape index (κ3) is 5.06. The molecule has 5 heteroatoms. The number of amides is 1. The maximum Gasteiger partial charge on any atom is 0.255 e. The first-order valence-electron chi connectivity index (χ1n) is 5.93. The van der Waals surface area contributed by atoms with Gasteiger partial charge in [-0.15, -0.1) is 0 Å². The van der Waals surface area contributed by atoms with Crippen LogP contribution in [0.25, 0.3) is 0 Å². The Morgan fingerprint density at radius 2 is 2.11 bits per heavy atom. The number of carbonyl (C=O) groups is 1. The average Bonchev–Trinajstić information content (AvgIpc) is 2.39. The maximum absolute atomic E-state index is 11.9. The summed E-state index contributed by atoms with van der Waals surface area (Å²) in [6.07, 6.45) is 0. The monoisotopic (exact) mass is 315 g/mol. The molecule has 0 aromatic heterocycles. The molecule has 1 aromatic carbocycles. The van der Waals surface area contributed by atoms with Crippen molar-refractivity contribution < 1.29 is 14.3 Å². The second-order valence-electron chi connectivity index (χ2n) is 3.49. The normalized spacial score (nSPS) is 10.1. The number of hydrogen-bond donors (Lipinski definition) is 1. The van der Waals surface area contributed by atoms with Crippen molar-refractivity contribution in [3.63, 3.8) is 0 Å². The minimum Gasteiger partial charge on any atom is -0.493 e. The van der Waals surface area contributed by atoms with Gasteiger partial charge in [0, 0.05) is 11.9 Å². The molecule has 0 bridgehead atoms. The smallest absolute Gasteiger partial charge is 0.255 e. The van der Waals surface area contributed by atoms with Crippen LogP contribution in [0.4, 0.5) is 0 Å².